The van der Waals surface area contributed by atoms with Crippen LogP contribution < -0.4 is 0 Å². The fraction of sp³-hybridized carbons (Fsp3) is 0.136. The highest BCUT2D eigenvalue weighted by molar-refractivity contribution is 5.72. The molecule has 112 valence electrons. The van der Waals surface area contributed by atoms with E-state index >= 15 is 0 Å². The molecule has 0 heterocycles. The lowest BCUT2D eigenvalue weighted by Gasteiger charge is -2.09. The predicted molar refractivity (Wildman–Crippen MR) is 96.2 cm³/mol. The summed E-state index contributed by atoms with van der Waals surface area (Å²) in [7, 11) is 0. The fourth-order valence-corrected chi connectivity index (χ4v) is 2.91. The zero-order chi connectivity index (χ0) is 16.4. The molecular weight excluding hydrogens is 278 g/mol. The van der Waals surface area contributed by atoms with Gasteiger partial charge in [-0.15, -0.1) is 0 Å². The number of rotatable bonds is 2. The average Bonchev–Trinajstić information content (AvgIpc) is 2.55. The van der Waals surface area contributed by atoms with E-state index in [-0.39, 0.29) is 0 Å². The topological polar surface area (TPSA) is 23.8 Å². The standard InChI is InChI=1S/C22H19N/c1-15-4-6-18(7-5-15)19-8-10-20(11-9-19)21-12-16(2)22(14-23)17(3)13-21/h4-13H,1-3H3. The number of aryl methyl sites for hydroxylation is 3. The number of benzene rings is 3. The molecule has 0 N–H and O–H groups in total. The monoisotopic (exact) mass is 297 g/mol. The summed E-state index contributed by atoms with van der Waals surface area (Å²) in [6.45, 7) is 6.09. The van der Waals surface area contributed by atoms with Crippen LogP contribution in [0.25, 0.3) is 22.3 Å². The van der Waals surface area contributed by atoms with Crippen molar-refractivity contribution in [3.05, 3.63) is 82.9 Å². The van der Waals surface area contributed by atoms with Gasteiger partial charge in [-0.2, -0.15) is 5.26 Å². The van der Waals surface area contributed by atoms with Crippen LogP contribution >= 0.6 is 0 Å². The van der Waals surface area contributed by atoms with Gasteiger partial charge in [0.25, 0.3) is 0 Å². The second kappa shape index (κ2) is 6.10. The van der Waals surface area contributed by atoms with Crippen LogP contribution in [0.4, 0.5) is 0 Å². The SMILES string of the molecule is Cc1ccc(-c2ccc(-c3cc(C)c(C#N)c(C)c3)cc2)cc1. The van der Waals surface area contributed by atoms with Crippen molar-refractivity contribution in [2.75, 3.05) is 0 Å². The summed E-state index contributed by atoms with van der Waals surface area (Å²) < 4.78 is 0. The third-order valence-electron chi connectivity index (χ3n) is 4.25. The van der Waals surface area contributed by atoms with E-state index < -0.39 is 0 Å². The van der Waals surface area contributed by atoms with Gasteiger partial charge in [-0.25, -0.2) is 0 Å². The number of nitrogens with zero attached hydrogens (tertiary/aromatic N) is 1. The molecule has 0 saturated carbocycles. The maximum absolute atomic E-state index is 9.19. The van der Waals surface area contributed by atoms with Gasteiger partial charge in [0.2, 0.25) is 0 Å². The molecule has 0 aliphatic rings. The molecule has 3 aromatic carbocycles. The summed E-state index contributed by atoms with van der Waals surface area (Å²) in [5, 5.41) is 9.19. The first kappa shape index (κ1) is 15.1. The van der Waals surface area contributed by atoms with E-state index in [0.29, 0.717) is 0 Å². The van der Waals surface area contributed by atoms with Crippen molar-refractivity contribution in [3.63, 3.8) is 0 Å². The molecule has 0 fully saturated rings. The van der Waals surface area contributed by atoms with Crippen LogP contribution in [0.2, 0.25) is 0 Å². The Morgan fingerprint density at radius 3 is 1.43 bits per heavy atom. The molecule has 1 heteroatoms. The van der Waals surface area contributed by atoms with E-state index in [2.05, 4.69) is 73.7 Å². The van der Waals surface area contributed by atoms with Gasteiger partial charge in [0.05, 0.1) is 11.6 Å². The summed E-state index contributed by atoms with van der Waals surface area (Å²) in [5.74, 6) is 0. The van der Waals surface area contributed by atoms with E-state index in [1.54, 1.807) is 0 Å². The smallest absolute Gasteiger partial charge is 0.0997 e. The first-order valence-electron chi connectivity index (χ1n) is 7.77. The lowest BCUT2D eigenvalue weighted by atomic mass is 9.95. The predicted octanol–water partition coefficient (Wildman–Crippen LogP) is 5.82. The molecule has 0 bridgehead atoms. The molecule has 0 aliphatic carbocycles. The summed E-state index contributed by atoms with van der Waals surface area (Å²) in [6, 6.07) is 23.6. The van der Waals surface area contributed by atoms with E-state index in [0.717, 1.165) is 22.3 Å². The van der Waals surface area contributed by atoms with Crippen molar-refractivity contribution in [1.29, 1.82) is 5.26 Å². The third-order valence-corrected chi connectivity index (χ3v) is 4.25. The first-order valence-corrected chi connectivity index (χ1v) is 7.77. The summed E-state index contributed by atoms with van der Waals surface area (Å²) in [6.07, 6.45) is 0. The van der Waals surface area contributed by atoms with E-state index in [1.165, 1.54) is 22.3 Å². The zero-order valence-electron chi connectivity index (χ0n) is 13.7. The molecule has 0 radical (unpaired) electrons. The Bertz CT molecular complexity index is 856. The molecule has 0 atom stereocenters. The molecular formula is C22H19N. The van der Waals surface area contributed by atoms with Crippen molar-refractivity contribution in [3.8, 4) is 28.3 Å². The number of nitriles is 1. The molecule has 0 amide bonds. The van der Waals surface area contributed by atoms with Crippen molar-refractivity contribution in [2.24, 2.45) is 0 Å². The van der Waals surface area contributed by atoms with Crippen molar-refractivity contribution >= 4 is 0 Å². The van der Waals surface area contributed by atoms with Crippen LogP contribution in [0.15, 0.2) is 60.7 Å². The van der Waals surface area contributed by atoms with Crippen LogP contribution in [0.5, 0.6) is 0 Å². The normalized spacial score (nSPS) is 10.3. The lowest BCUT2D eigenvalue weighted by Crippen LogP contribution is -1.90. The molecule has 0 unspecified atom stereocenters. The van der Waals surface area contributed by atoms with Crippen LogP contribution in [-0.2, 0) is 0 Å². The summed E-state index contributed by atoms with van der Waals surface area (Å²) >= 11 is 0. The van der Waals surface area contributed by atoms with E-state index in [9.17, 15) is 5.26 Å². The Hall–Kier alpha value is -2.85. The molecule has 0 spiro atoms. The fourth-order valence-electron chi connectivity index (χ4n) is 2.91. The largest absolute Gasteiger partial charge is 0.192 e. The average molecular weight is 297 g/mol. The van der Waals surface area contributed by atoms with Crippen molar-refractivity contribution in [2.45, 2.75) is 20.8 Å². The van der Waals surface area contributed by atoms with Gasteiger partial charge in [0.1, 0.15) is 0 Å². The Morgan fingerprint density at radius 1 is 0.609 bits per heavy atom. The number of hydrogen-bond acceptors (Lipinski definition) is 1. The van der Waals surface area contributed by atoms with Crippen LogP contribution in [0.1, 0.15) is 22.3 Å². The highest BCUT2D eigenvalue weighted by atomic mass is 14.2. The minimum Gasteiger partial charge on any atom is -0.192 e. The van der Waals surface area contributed by atoms with Gasteiger partial charge < -0.3 is 0 Å². The molecule has 0 saturated heterocycles. The Labute approximate surface area is 137 Å². The Kier molecular flexibility index (Phi) is 4.00. The van der Waals surface area contributed by atoms with E-state index in [1.807, 2.05) is 13.8 Å². The van der Waals surface area contributed by atoms with E-state index in [4.69, 9.17) is 0 Å². The zero-order valence-corrected chi connectivity index (χ0v) is 13.7. The molecule has 0 aliphatic heterocycles. The highest BCUT2D eigenvalue weighted by Gasteiger charge is 2.06. The molecule has 3 aromatic rings. The molecule has 23 heavy (non-hydrogen) atoms. The van der Waals surface area contributed by atoms with Gasteiger partial charge in [0.15, 0.2) is 0 Å². The second-order valence-corrected chi connectivity index (χ2v) is 6.04. The molecule has 0 aromatic heterocycles. The Balaban J connectivity index is 1.97. The van der Waals surface area contributed by atoms with Gasteiger partial charge in [0, 0.05) is 0 Å². The minimum atomic E-state index is 0.782. The highest BCUT2D eigenvalue weighted by Crippen LogP contribution is 2.28. The first-order chi connectivity index (χ1) is 11.1. The van der Waals surface area contributed by atoms with Crippen molar-refractivity contribution in [1.82, 2.24) is 0 Å². The maximum Gasteiger partial charge on any atom is 0.0997 e. The quantitative estimate of drug-likeness (QED) is 0.585. The third kappa shape index (κ3) is 3.03. The Morgan fingerprint density at radius 2 is 1.00 bits per heavy atom. The number of hydrogen-bond donors (Lipinski definition) is 0. The van der Waals surface area contributed by atoms with Gasteiger partial charge in [-0.05, 0) is 54.2 Å². The molecule has 1 nitrogen and oxygen atoms in total. The van der Waals surface area contributed by atoms with Crippen LogP contribution in [0.3, 0.4) is 0 Å². The lowest BCUT2D eigenvalue weighted by molar-refractivity contribution is 1.32. The molecule has 3 rings (SSSR count). The van der Waals surface area contributed by atoms with Gasteiger partial charge in [-0.3, -0.25) is 0 Å². The maximum atomic E-state index is 9.19. The summed E-state index contributed by atoms with van der Waals surface area (Å²) in [5.41, 5.74) is 8.91. The van der Waals surface area contributed by atoms with Gasteiger partial charge >= 0.3 is 0 Å². The minimum absolute atomic E-state index is 0.782. The van der Waals surface area contributed by atoms with Gasteiger partial charge in [-0.1, -0.05) is 66.2 Å². The van der Waals surface area contributed by atoms with Crippen LogP contribution in [0, 0.1) is 32.1 Å². The van der Waals surface area contributed by atoms with Crippen LogP contribution in [-0.4, -0.2) is 0 Å². The second-order valence-electron chi connectivity index (χ2n) is 6.04. The summed E-state index contributed by atoms with van der Waals surface area (Å²) in [4.78, 5) is 0. The van der Waals surface area contributed by atoms with Crippen molar-refractivity contribution < 1.29 is 0 Å².